The van der Waals surface area contributed by atoms with Crippen molar-refractivity contribution in [2.75, 3.05) is 11.4 Å². The molecule has 0 saturated carbocycles. The Kier molecular flexibility index (Phi) is 2.17. The van der Waals surface area contributed by atoms with Gasteiger partial charge in [0.05, 0.1) is 6.20 Å². The van der Waals surface area contributed by atoms with E-state index in [2.05, 4.69) is 11.2 Å². The lowest BCUT2D eigenvalue weighted by molar-refractivity contribution is 0.345. The largest absolute Gasteiger partial charge is 0.342 e. The van der Waals surface area contributed by atoms with Crippen molar-refractivity contribution in [1.29, 1.82) is 0 Å². The Bertz CT molecular complexity index is 301. The molecule has 1 aliphatic heterocycles. The lowest BCUT2D eigenvalue weighted by Crippen LogP contribution is -2.25. The second-order valence-corrected chi connectivity index (χ2v) is 3.34. The van der Waals surface area contributed by atoms with Crippen LogP contribution in [-0.4, -0.2) is 17.8 Å². The fourth-order valence-electron chi connectivity index (χ4n) is 1.73. The normalized spacial score (nSPS) is 22.3. The molecule has 13 heavy (non-hydrogen) atoms. The molecule has 1 atom stereocenters. The van der Waals surface area contributed by atoms with Crippen LogP contribution in [-0.2, 0) is 0 Å². The topological polar surface area (TPSA) is 16.1 Å². The zero-order valence-electron chi connectivity index (χ0n) is 7.63. The van der Waals surface area contributed by atoms with Crippen LogP contribution < -0.4 is 4.90 Å². The molecule has 0 aromatic carbocycles. The molecular weight excluding hydrogens is 167 g/mol. The van der Waals surface area contributed by atoms with Crippen LogP contribution >= 0.6 is 0 Å². The molecule has 0 spiro atoms. The zero-order chi connectivity index (χ0) is 9.26. The minimum atomic E-state index is -0.825. The van der Waals surface area contributed by atoms with Gasteiger partial charge in [0.15, 0.2) is 6.30 Å². The molecule has 2 nitrogen and oxygen atoms in total. The van der Waals surface area contributed by atoms with Gasteiger partial charge in [0.25, 0.3) is 0 Å². The third-order valence-electron chi connectivity index (χ3n) is 2.41. The fraction of sp³-hybridized carbons (Fsp3) is 0.500. The number of alkyl halides is 1. The highest BCUT2D eigenvalue weighted by Crippen LogP contribution is 2.27. The predicted molar refractivity (Wildman–Crippen MR) is 49.3 cm³/mol. The summed E-state index contributed by atoms with van der Waals surface area (Å²) in [5, 5.41) is 0. The average Bonchev–Trinajstić information content (AvgIpc) is 2.52. The van der Waals surface area contributed by atoms with E-state index in [1.54, 1.807) is 11.1 Å². The molecular formula is C10H12FN2. The van der Waals surface area contributed by atoms with E-state index in [0.717, 1.165) is 24.2 Å². The number of pyridine rings is 1. The SMILES string of the molecule is Cc1[c]nccc1N1CCCC1F. The number of nitrogens with zero attached hydrogens (tertiary/aromatic N) is 2. The Morgan fingerprint density at radius 2 is 2.54 bits per heavy atom. The summed E-state index contributed by atoms with van der Waals surface area (Å²) in [7, 11) is 0. The standard InChI is InChI=1S/C10H12FN2/c1-8-7-12-5-4-9(8)13-6-2-3-10(13)11/h4-5,10H,2-3,6H2,1H3. The first-order chi connectivity index (χ1) is 6.29. The molecule has 3 heteroatoms. The average molecular weight is 179 g/mol. The van der Waals surface area contributed by atoms with Crippen LogP contribution in [0.15, 0.2) is 12.3 Å². The number of anilines is 1. The maximum atomic E-state index is 13.3. The molecule has 0 amide bonds. The Hall–Kier alpha value is -1.12. The highest BCUT2D eigenvalue weighted by atomic mass is 19.1. The quantitative estimate of drug-likeness (QED) is 0.613. The number of aromatic nitrogens is 1. The smallest absolute Gasteiger partial charge is 0.172 e. The summed E-state index contributed by atoms with van der Waals surface area (Å²) in [6.07, 6.45) is 5.25. The minimum absolute atomic E-state index is 0.641. The molecule has 1 unspecified atom stereocenters. The second kappa shape index (κ2) is 3.32. The highest BCUT2D eigenvalue weighted by molar-refractivity contribution is 5.52. The third kappa shape index (κ3) is 1.50. The van der Waals surface area contributed by atoms with Crippen LogP contribution in [0.4, 0.5) is 10.1 Å². The molecule has 1 radical (unpaired) electrons. The first-order valence-electron chi connectivity index (χ1n) is 4.53. The van der Waals surface area contributed by atoms with Crippen LogP contribution in [0.2, 0.25) is 0 Å². The van der Waals surface area contributed by atoms with Crippen molar-refractivity contribution in [2.45, 2.75) is 26.1 Å². The van der Waals surface area contributed by atoms with Crippen LogP contribution in [0.3, 0.4) is 0 Å². The maximum absolute atomic E-state index is 13.3. The minimum Gasteiger partial charge on any atom is -0.342 e. The van der Waals surface area contributed by atoms with E-state index in [-0.39, 0.29) is 0 Å². The molecule has 1 saturated heterocycles. The van der Waals surface area contributed by atoms with Crippen molar-refractivity contribution in [3.05, 3.63) is 24.0 Å². The molecule has 1 aliphatic rings. The first-order valence-corrected chi connectivity index (χ1v) is 4.53. The third-order valence-corrected chi connectivity index (χ3v) is 2.41. The van der Waals surface area contributed by atoms with Gasteiger partial charge in [-0.25, -0.2) is 4.39 Å². The predicted octanol–water partition coefficient (Wildman–Crippen LogP) is 2.09. The van der Waals surface area contributed by atoms with E-state index in [4.69, 9.17) is 0 Å². The molecule has 2 rings (SSSR count). The summed E-state index contributed by atoms with van der Waals surface area (Å²) in [4.78, 5) is 5.65. The van der Waals surface area contributed by atoms with Crippen LogP contribution in [0.1, 0.15) is 18.4 Å². The Morgan fingerprint density at radius 3 is 3.15 bits per heavy atom. The molecule has 0 bridgehead atoms. The van der Waals surface area contributed by atoms with Crippen molar-refractivity contribution in [2.24, 2.45) is 0 Å². The van der Waals surface area contributed by atoms with Crippen LogP contribution in [0.25, 0.3) is 0 Å². The van der Waals surface area contributed by atoms with Gasteiger partial charge >= 0.3 is 0 Å². The molecule has 1 fully saturated rings. The van der Waals surface area contributed by atoms with Crippen molar-refractivity contribution in [1.82, 2.24) is 4.98 Å². The summed E-state index contributed by atoms with van der Waals surface area (Å²) in [6.45, 7) is 2.72. The van der Waals surface area contributed by atoms with Gasteiger partial charge in [0, 0.05) is 24.0 Å². The van der Waals surface area contributed by atoms with Gasteiger partial charge in [-0.1, -0.05) is 0 Å². The summed E-state index contributed by atoms with van der Waals surface area (Å²) >= 11 is 0. The zero-order valence-corrected chi connectivity index (χ0v) is 7.63. The number of hydrogen-bond donors (Lipinski definition) is 0. The van der Waals surface area contributed by atoms with E-state index in [1.807, 2.05) is 13.0 Å². The van der Waals surface area contributed by atoms with Crippen molar-refractivity contribution >= 4 is 5.69 Å². The molecule has 0 aliphatic carbocycles. The van der Waals surface area contributed by atoms with Crippen LogP contribution in [0.5, 0.6) is 0 Å². The first kappa shape index (κ1) is 8.48. The number of halogens is 1. The summed E-state index contributed by atoms with van der Waals surface area (Å²) in [5.74, 6) is 0. The fourth-order valence-corrected chi connectivity index (χ4v) is 1.73. The van der Waals surface area contributed by atoms with Gasteiger partial charge in [-0.05, 0) is 25.8 Å². The molecule has 1 aromatic rings. The van der Waals surface area contributed by atoms with E-state index < -0.39 is 6.30 Å². The van der Waals surface area contributed by atoms with Gasteiger partial charge < -0.3 is 4.90 Å². The van der Waals surface area contributed by atoms with E-state index >= 15 is 0 Å². The van der Waals surface area contributed by atoms with E-state index in [0.29, 0.717) is 6.42 Å². The van der Waals surface area contributed by atoms with Gasteiger partial charge in [-0.15, -0.1) is 0 Å². The summed E-state index contributed by atoms with van der Waals surface area (Å²) in [6, 6.07) is 1.85. The van der Waals surface area contributed by atoms with Crippen molar-refractivity contribution in [3.63, 3.8) is 0 Å². The van der Waals surface area contributed by atoms with E-state index in [1.165, 1.54) is 0 Å². The Labute approximate surface area is 77.4 Å². The number of aryl methyl sites for hydroxylation is 1. The Balaban J connectivity index is 2.29. The molecule has 1 aromatic heterocycles. The molecule has 69 valence electrons. The van der Waals surface area contributed by atoms with Crippen molar-refractivity contribution < 1.29 is 4.39 Å². The van der Waals surface area contributed by atoms with Gasteiger partial charge in [-0.3, -0.25) is 4.98 Å². The van der Waals surface area contributed by atoms with Gasteiger partial charge in [0.1, 0.15) is 0 Å². The summed E-state index contributed by atoms with van der Waals surface area (Å²) < 4.78 is 13.3. The summed E-state index contributed by atoms with van der Waals surface area (Å²) in [5.41, 5.74) is 1.85. The van der Waals surface area contributed by atoms with Crippen molar-refractivity contribution in [3.8, 4) is 0 Å². The van der Waals surface area contributed by atoms with Gasteiger partial charge in [0.2, 0.25) is 0 Å². The van der Waals surface area contributed by atoms with Gasteiger partial charge in [-0.2, -0.15) is 0 Å². The molecule has 2 heterocycles. The Morgan fingerprint density at radius 1 is 1.69 bits per heavy atom. The highest BCUT2D eigenvalue weighted by Gasteiger charge is 2.24. The number of rotatable bonds is 1. The molecule has 0 N–H and O–H groups in total. The van der Waals surface area contributed by atoms with E-state index in [9.17, 15) is 4.39 Å². The lowest BCUT2D eigenvalue weighted by Gasteiger charge is -2.22. The van der Waals surface area contributed by atoms with Crippen LogP contribution in [0, 0.1) is 13.1 Å². The maximum Gasteiger partial charge on any atom is 0.172 e. The second-order valence-electron chi connectivity index (χ2n) is 3.34. The lowest BCUT2D eigenvalue weighted by atomic mass is 10.2. The monoisotopic (exact) mass is 179 g/mol. The number of hydrogen-bond acceptors (Lipinski definition) is 2.